The number of carbonyl (C=O) groups is 1. The third-order valence-corrected chi connectivity index (χ3v) is 4.67. The first-order valence-corrected chi connectivity index (χ1v) is 10.4. The first-order chi connectivity index (χ1) is 17.1. The Hall–Kier alpha value is -4.85. The molecular weight excluding hydrogens is 479 g/mol. The van der Waals surface area contributed by atoms with Gasteiger partial charge >= 0.3 is 11.9 Å². The Morgan fingerprint density at radius 2 is 1.83 bits per heavy atom. The van der Waals surface area contributed by atoms with Crippen molar-refractivity contribution in [3.05, 3.63) is 93.5 Å². The molecule has 0 aliphatic carbocycles. The average Bonchev–Trinajstić information content (AvgIpc) is 2.83. The topological polar surface area (TPSA) is 114 Å². The number of nitrogens with one attached hydrogen (secondary N) is 1. The molecule has 3 aromatic carbocycles. The van der Waals surface area contributed by atoms with Crippen molar-refractivity contribution in [1.82, 2.24) is 0 Å². The summed E-state index contributed by atoms with van der Waals surface area (Å²) >= 11 is 0. The van der Waals surface area contributed by atoms with Crippen molar-refractivity contribution >= 4 is 23.4 Å². The van der Waals surface area contributed by atoms with Gasteiger partial charge in [-0.1, -0.05) is 18.2 Å². The Bertz CT molecular complexity index is 1350. The molecule has 0 unspecified atom stereocenters. The zero-order chi connectivity index (χ0) is 26.3. The largest absolute Gasteiger partial charge is 0.494 e. The van der Waals surface area contributed by atoms with E-state index in [4.69, 9.17) is 9.47 Å². The predicted octanol–water partition coefficient (Wildman–Crippen LogP) is 6.35. The van der Waals surface area contributed by atoms with Crippen molar-refractivity contribution < 1.29 is 32.4 Å². The van der Waals surface area contributed by atoms with E-state index < -0.39 is 28.3 Å². The highest BCUT2D eigenvalue weighted by atomic mass is 19.4. The quantitative estimate of drug-likeness (QED) is 0.168. The Balaban J connectivity index is 1.76. The van der Waals surface area contributed by atoms with Gasteiger partial charge in [0.05, 0.1) is 17.1 Å². The summed E-state index contributed by atoms with van der Waals surface area (Å²) in [6.45, 7) is 2.27. The number of ether oxygens (including phenoxy) is 2. The molecule has 0 heterocycles. The number of carbonyl (C=O) groups excluding carboxylic acids is 1. The van der Waals surface area contributed by atoms with Gasteiger partial charge < -0.3 is 14.8 Å². The standard InChI is InChI=1S/C25H18F3N3O5/c1-2-35-21-5-3-4-19(14-21)30-24(32)17(15-29)12-16-6-9-20(10-7-16)36-23-11-8-18(25(26,27)28)13-22(23)31(33)34/h3-14H,2H2,1H3,(H,30,32)/b17-12+. The summed E-state index contributed by atoms with van der Waals surface area (Å²) in [5.41, 5.74) is -1.32. The van der Waals surface area contributed by atoms with E-state index in [-0.39, 0.29) is 17.1 Å². The Morgan fingerprint density at radius 3 is 2.44 bits per heavy atom. The molecule has 0 aliphatic heterocycles. The van der Waals surface area contributed by atoms with Crippen molar-refractivity contribution in [2.45, 2.75) is 13.1 Å². The molecular formula is C25H18F3N3O5. The third kappa shape index (κ3) is 6.60. The molecule has 0 atom stereocenters. The van der Waals surface area contributed by atoms with Gasteiger partial charge in [-0.25, -0.2) is 0 Å². The van der Waals surface area contributed by atoms with Gasteiger partial charge in [0.25, 0.3) is 5.91 Å². The van der Waals surface area contributed by atoms with E-state index in [9.17, 15) is 33.3 Å². The number of nitro benzene ring substituents is 1. The second-order valence-corrected chi connectivity index (χ2v) is 7.19. The summed E-state index contributed by atoms with van der Waals surface area (Å²) in [4.78, 5) is 22.8. The molecule has 3 rings (SSSR count). The summed E-state index contributed by atoms with van der Waals surface area (Å²) in [5, 5.41) is 23.2. The van der Waals surface area contributed by atoms with Gasteiger partial charge in [0.1, 0.15) is 23.1 Å². The molecule has 3 aromatic rings. The fraction of sp³-hybridized carbons (Fsp3) is 0.120. The van der Waals surface area contributed by atoms with E-state index in [2.05, 4.69) is 5.32 Å². The normalized spacial score (nSPS) is 11.4. The van der Waals surface area contributed by atoms with E-state index in [1.54, 1.807) is 24.3 Å². The number of halogens is 3. The Kier molecular flexibility index (Phi) is 7.91. The maximum atomic E-state index is 12.9. The molecule has 1 N–H and O–H groups in total. The Morgan fingerprint density at radius 1 is 1.11 bits per heavy atom. The molecule has 0 saturated carbocycles. The summed E-state index contributed by atoms with van der Waals surface area (Å²) in [6.07, 6.45) is -3.42. The number of alkyl halides is 3. The summed E-state index contributed by atoms with van der Waals surface area (Å²) < 4.78 is 49.4. The van der Waals surface area contributed by atoms with Crippen LogP contribution in [0.15, 0.2) is 72.3 Å². The minimum Gasteiger partial charge on any atom is -0.494 e. The van der Waals surface area contributed by atoms with Gasteiger partial charge in [0.15, 0.2) is 0 Å². The number of anilines is 1. The van der Waals surface area contributed by atoms with Crippen LogP contribution >= 0.6 is 0 Å². The maximum absolute atomic E-state index is 12.9. The number of hydrogen-bond acceptors (Lipinski definition) is 6. The first kappa shape index (κ1) is 25.8. The van der Waals surface area contributed by atoms with Crippen molar-refractivity contribution in [3.63, 3.8) is 0 Å². The molecule has 36 heavy (non-hydrogen) atoms. The van der Waals surface area contributed by atoms with E-state index in [1.165, 1.54) is 30.3 Å². The highest BCUT2D eigenvalue weighted by molar-refractivity contribution is 6.09. The van der Waals surface area contributed by atoms with Crippen LogP contribution in [0.4, 0.5) is 24.5 Å². The Labute approximate surface area is 203 Å². The predicted molar refractivity (Wildman–Crippen MR) is 124 cm³/mol. The fourth-order valence-corrected chi connectivity index (χ4v) is 3.03. The smallest absolute Gasteiger partial charge is 0.416 e. The van der Waals surface area contributed by atoms with Crippen LogP contribution in [0.3, 0.4) is 0 Å². The molecule has 0 saturated heterocycles. The van der Waals surface area contributed by atoms with Gasteiger partial charge in [-0.3, -0.25) is 14.9 Å². The highest BCUT2D eigenvalue weighted by Crippen LogP contribution is 2.37. The van der Waals surface area contributed by atoms with Crippen LogP contribution in [-0.4, -0.2) is 17.4 Å². The number of rotatable bonds is 8. The zero-order valence-corrected chi connectivity index (χ0v) is 18.7. The number of amides is 1. The zero-order valence-electron chi connectivity index (χ0n) is 18.7. The molecule has 0 fully saturated rings. The van der Waals surface area contributed by atoms with E-state index in [0.29, 0.717) is 35.7 Å². The van der Waals surface area contributed by atoms with E-state index in [0.717, 1.165) is 6.07 Å². The molecule has 184 valence electrons. The van der Waals surface area contributed by atoms with Crippen molar-refractivity contribution in [1.29, 1.82) is 5.26 Å². The van der Waals surface area contributed by atoms with Crippen molar-refractivity contribution in [3.8, 4) is 23.3 Å². The van der Waals surface area contributed by atoms with Gasteiger partial charge in [-0.2, -0.15) is 18.4 Å². The van der Waals surface area contributed by atoms with Gasteiger partial charge in [-0.15, -0.1) is 0 Å². The van der Waals surface area contributed by atoms with Crippen LogP contribution in [-0.2, 0) is 11.0 Å². The van der Waals surface area contributed by atoms with Crippen LogP contribution in [0.1, 0.15) is 18.1 Å². The maximum Gasteiger partial charge on any atom is 0.416 e. The second kappa shape index (κ2) is 11.1. The number of nitro groups is 1. The van der Waals surface area contributed by atoms with E-state index in [1.807, 2.05) is 13.0 Å². The molecule has 0 bridgehead atoms. The van der Waals surface area contributed by atoms with Crippen LogP contribution in [0.25, 0.3) is 6.08 Å². The lowest BCUT2D eigenvalue weighted by molar-refractivity contribution is -0.385. The lowest BCUT2D eigenvalue weighted by Crippen LogP contribution is -2.13. The number of nitrogens with zero attached hydrogens (tertiary/aromatic N) is 2. The lowest BCUT2D eigenvalue weighted by atomic mass is 10.1. The molecule has 8 nitrogen and oxygen atoms in total. The molecule has 0 spiro atoms. The molecule has 0 radical (unpaired) electrons. The van der Waals surface area contributed by atoms with Crippen LogP contribution in [0.2, 0.25) is 0 Å². The summed E-state index contributed by atoms with van der Waals surface area (Å²) in [5.74, 6) is -0.359. The molecule has 0 aromatic heterocycles. The summed E-state index contributed by atoms with van der Waals surface area (Å²) in [6, 6.07) is 16.2. The minimum absolute atomic E-state index is 0.103. The van der Waals surface area contributed by atoms with Gasteiger partial charge in [0, 0.05) is 17.8 Å². The fourth-order valence-electron chi connectivity index (χ4n) is 3.03. The van der Waals surface area contributed by atoms with Crippen LogP contribution < -0.4 is 14.8 Å². The highest BCUT2D eigenvalue weighted by Gasteiger charge is 2.33. The SMILES string of the molecule is CCOc1cccc(NC(=O)/C(C#N)=C/c2ccc(Oc3ccc(C(F)(F)F)cc3[N+](=O)[O-])cc2)c1. The van der Waals surface area contributed by atoms with Gasteiger partial charge in [0.2, 0.25) is 5.75 Å². The average molecular weight is 497 g/mol. The number of nitriles is 1. The molecule has 11 heteroatoms. The molecule has 0 aliphatic rings. The third-order valence-electron chi connectivity index (χ3n) is 4.67. The van der Waals surface area contributed by atoms with Gasteiger partial charge in [-0.05, 0) is 55.0 Å². The first-order valence-electron chi connectivity index (χ1n) is 10.4. The van der Waals surface area contributed by atoms with Crippen LogP contribution in [0, 0.1) is 21.4 Å². The molecule has 1 amide bonds. The van der Waals surface area contributed by atoms with Crippen molar-refractivity contribution in [2.24, 2.45) is 0 Å². The number of benzene rings is 3. The minimum atomic E-state index is -4.74. The van der Waals surface area contributed by atoms with E-state index >= 15 is 0 Å². The monoisotopic (exact) mass is 497 g/mol. The second-order valence-electron chi connectivity index (χ2n) is 7.19. The van der Waals surface area contributed by atoms with Crippen molar-refractivity contribution in [2.75, 3.05) is 11.9 Å². The number of hydrogen-bond donors (Lipinski definition) is 1. The lowest BCUT2D eigenvalue weighted by Gasteiger charge is -2.10. The summed E-state index contributed by atoms with van der Waals surface area (Å²) in [7, 11) is 0. The van der Waals surface area contributed by atoms with Crippen LogP contribution in [0.5, 0.6) is 17.2 Å².